The Morgan fingerprint density at radius 2 is 1.87 bits per heavy atom. The van der Waals surface area contributed by atoms with Gasteiger partial charge < -0.3 is 19.3 Å². The summed E-state index contributed by atoms with van der Waals surface area (Å²) in [6.07, 6.45) is -2.48. The van der Waals surface area contributed by atoms with Crippen molar-refractivity contribution < 1.29 is 33.8 Å². The highest BCUT2D eigenvalue weighted by Gasteiger charge is 2.32. The summed E-state index contributed by atoms with van der Waals surface area (Å²) in [6, 6.07) is 10.7. The molecule has 38 heavy (non-hydrogen) atoms. The molecule has 1 atom stereocenters. The maximum Gasteiger partial charge on any atom is 0.412 e. The lowest BCUT2D eigenvalue weighted by Gasteiger charge is -2.20. The number of nitro benzene ring substituents is 1. The van der Waals surface area contributed by atoms with Crippen LogP contribution < -0.4 is 10.1 Å². The summed E-state index contributed by atoms with van der Waals surface area (Å²) in [5.74, 6) is -0.205. The molecular formula is C25H29N5O8. The van der Waals surface area contributed by atoms with E-state index >= 15 is 0 Å². The van der Waals surface area contributed by atoms with Crippen LogP contribution in [0.15, 0.2) is 42.5 Å². The molecule has 0 aliphatic heterocycles. The molecule has 13 heteroatoms. The Morgan fingerprint density at radius 3 is 2.45 bits per heavy atom. The summed E-state index contributed by atoms with van der Waals surface area (Å²) in [5.41, 5.74) is -0.964. The van der Waals surface area contributed by atoms with E-state index in [1.807, 2.05) is 0 Å². The van der Waals surface area contributed by atoms with Crippen LogP contribution in [0.25, 0.3) is 0 Å². The van der Waals surface area contributed by atoms with Gasteiger partial charge in [-0.1, -0.05) is 17.3 Å². The maximum absolute atomic E-state index is 12.6. The molecule has 0 aliphatic rings. The van der Waals surface area contributed by atoms with E-state index in [0.29, 0.717) is 5.75 Å². The fraction of sp³-hybridized carbons (Fsp3) is 0.360. The number of hydrogen-bond acceptors (Lipinski definition) is 10. The summed E-state index contributed by atoms with van der Waals surface area (Å²) in [4.78, 5) is 35.9. The van der Waals surface area contributed by atoms with E-state index in [-0.39, 0.29) is 35.8 Å². The van der Waals surface area contributed by atoms with Crippen LogP contribution in [0.3, 0.4) is 0 Å². The van der Waals surface area contributed by atoms with Gasteiger partial charge in [0, 0.05) is 6.07 Å². The third-order valence-corrected chi connectivity index (χ3v) is 5.16. The Balaban J connectivity index is 2.02. The van der Waals surface area contributed by atoms with Crippen molar-refractivity contribution >= 4 is 23.4 Å². The van der Waals surface area contributed by atoms with E-state index in [1.54, 1.807) is 52.0 Å². The van der Waals surface area contributed by atoms with Gasteiger partial charge in [-0.15, -0.1) is 5.10 Å². The van der Waals surface area contributed by atoms with Crippen molar-refractivity contribution in [3.05, 3.63) is 75.1 Å². The molecule has 1 unspecified atom stereocenters. The van der Waals surface area contributed by atoms with Crippen molar-refractivity contribution in [1.29, 1.82) is 0 Å². The minimum absolute atomic E-state index is 0.0465. The Morgan fingerprint density at radius 1 is 1.18 bits per heavy atom. The molecule has 1 heterocycles. The number of rotatable bonds is 9. The number of anilines is 1. The van der Waals surface area contributed by atoms with E-state index < -0.39 is 34.4 Å². The molecule has 0 bridgehead atoms. The molecule has 13 nitrogen and oxygen atoms in total. The van der Waals surface area contributed by atoms with Crippen molar-refractivity contribution in [2.75, 3.05) is 19.0 Å². The van der Waals surface area contributed by atoms with Crippen LogP contribution >= 0.6 is 0 Å². The van der Waals surface area contributed by atoms with Gasteiger partial charge in [0.1, 0.15) is 23.1 Å². The molecule has 0 saturated carbocycles. The number of aliphatic hydroxyl groups excluding tert-OH is 1. The summed E-state index contributed by atoms with van der Waals surface area (Å²) in [7, 11) is 1.54. The molecule has 3 rings (SSSR count). The lowest BCUT2D eigenvalue weighted by Crippen LogP contribution is -2.27. The highest BCUT2D eigenvalue weighted by molar-refractivity contribution is 5.89. The van der Waals surface area contributed by atoms with Gasteiger partial charge in [-0.05, 0) is 57.5 Å². The minimum atomic E-state index is -1.68. The molecule has 0 radical (unpaired) electrons. The second-order valence-corrected chi connectivity index (χ2v) is 9.11. The molecule has 1 aromatic heterocycles. The highest BCUT2D eigenvalue weighted by Crippen LogP contribution is 2.34. The molecule has 202 valence electrons. The first kappa shape index (κ1) is 28.1. The first-order valence-corrected chi connectivity index (χ1v) is 11.6. The van der Waals surface area contributed by atoms with E-state index in [0.717, 1.165) is 11.6 Å². The van der Waals surface area contributed by atoms with Crippen molar-refractivity contribution in [2.24, 2.45) is 0 Å². The number of carbonyl (C=O) groups excluding carboxylic acids is 2. The number of esters is 1. The fourth-order valence-electron chi connectivity index (χ4n) is 3.54. The van der Waals surface area contributed by atoms with Crippen molar-refractivity contribution in [2.45, 2.75) is 45.9 Å². The average molecular weight is 528 g/mol. The van der Waals surface area contributed by atoms with Crippen LogP contribution in [0.2, 0.25) is 0 Å². The number of nitro groups is 1. The van der Waals surface area contributed by atoms with E-state index in [9.17, 15) is 24.8 Å². The number of aromatic nitrogens is 3. The SMILES string of the molecule is CCOC(=O)c1nnn(Cc2ccc(OC)cc2)c1C(O)c1ccc(NC(=O)OC(C)(C)C)cc1[N+](=O)[O-]. The van der Waals surface area contributed by atoms with Gasteiger partial charge >= 0.3 is 12.1 Å². The predicted molar refractivity (Wildman–Crippen MR) is 135 cm³/mol. The number of ether oxygens (including phenoxy) is 3. The number of carbonyl (C=O) groups is 2. The lowest BCUT2D eigenvalue weighted by atomic mass is 10.0. The van der Waals surface area contributed by atoms with Crippen molar-refractivity contribution in [1.82, 2.24) is 15.0 Å². The standard InChI is InChI=1S/C25H29N5O8/c1-6-37-23(32)20-21(29(28-27-20)14-15-7-10-17(36-5)11-8-15)22(31)18-12-9-16(13-19(18)30(34)35)26-24(33)38-25(2,3)4/h7-13,22,31H,6,14H2,1-5H3,(H,26,33). The molecule has 0 aliphatic carbocycles. The molecule has 2 aromatic carbocycles. The Hall–Kier alpha value is -4.52. The Kier molecular flexibility index (Phi) is 8.63. The number of amides is 1. The van der Waals surface area contributed by atoms with Gasteiger partial charge in [-0.3, -0.25) is 15.4 Å². The summed E-state index contributed by atoms with van der Waals surface area (Å²) < 4.78 is 16.7. The zero-order chi connectivity index (χ0) is 28.0. The Bertz CT molecular complexity index is 1310. The third-order valence-electron chi connectivity index (χ3n) is 5.16. The largest absolute Gasteiger partial charge is 0.497 e. The normalized spacial score (nSPS) is 11.9. The first-order valence-electron chi connectivity index (χ1n) is 11.6. The molecule has 3 aromatic rings. The topological polar surface area (TPSA) is 168 Å². The van der Waals surface area contributed by atoms with Gasteiger partial charge in [-0.25, -0.2) is 14.3 Å². The Labute approximate surface area is 218 Å². The predicted octanol–water partition coefficient (Wildman–Crippen LogP) is 3.85. The lowest BCUT2D eigenvalue weighted by molar-refractivity contribution is -0.386. The van der Waals surface area contributed by atoms with Crippen LogP contribution in [0.4, 0.5) is 16.2 Å². The van der Waals surface area contributed by atoms with E-state index in [2.05, 4.69) is 15.6 Å². The second-order valence-electron chi connectivity index (χ2n) is 9.11. The van der Waals surface area contributed by atoms with Crippen LogP contribution in [0.5, 0.6) is 5.75 Å². The quantitative estimate of drug-likeness (QED) is 0.237. The summed E-state index contributed by atoms with van der Waals surface area (Å²) in [6.45, 7) is 6.78. The third kappa shape index (κ3) is 6.82. The van der Waals surface area contributed by atoms with Crippen molar-refractivity contribution in [3.63, 3.8) is 0 Å². The van der Waals surface area contributed by atoms with Crippen LogP contribution in [-0.4, -0.2) is 56.4 Å². The van der Waals surface area contributed by atoms with E-state index in [1.165, 1.54) is 23.9 Å². The fourth-order valence-corrected chi connectivity index (χ4v) is 3.54. The molecule has 0 fully saturated rings. The van der Waals surface area contributed by atoms with E-state index in [4.69, 9.17) is 14.2 Å². The maximum atomic E-state index is 12.6. The van der Waals surface area contributed by atoms with Gasteiger partial charge in [0.25, 0.3) is 5.69 Å². The smallest absolute Gasteiger partial charge is 0.412 e. The second kappa shape index (κ2) is 11.7. The number of aliphatic hydroxyl groups is 1. The summed E-state index contributed by atoms with van der Waals surface area (Å²) in [5, 5.41) is 33.6. The minimum Gasteiger partial charge on any atom is -0.497 e. The number of benzene rings is 2. The zero-order valence-corrected chi connectivity index (χ0v) is 21.6. The first-order chi connectivity index (χ1) is 17.9. The number of nitrogens with zero attached hydrogens (tertiary/aromatic N) is 4. The molecular weight excluding hydrogens is 498 g/mol. The molecule has 1 amide bonds. The van der Waals surface area contributed by atoms with Gasteiger partial charge in [0.15, 0.2) is 5.69 Å². The zero-order valence-electron chi connectivity index (χ0n) is 21.6. The average Bonchev–Trinajstić information content (AvgIpc) is 3.26. The molecule has 0 spiro atoms. The monoisotopic (exact) mass is 527 g/mol. The van der Waals surface area contributed by atoms with Crippen molar-refractivity contribution in [3.8, 4) is 5.75 Å². The van der Waals surface area contributed by atoms with Crippen LogP contribution in [0, 0.1) is 10.1 Å². The van der Waals surface area contributed by atoms with Crippen LogP contribution in [-0.2, 0) is 16.0 Å². The van der Waals surface area contributed by atoms with Gasteiger partial charge in [0.2, 0.25) is 0 Å². The molecule has 0 saturated heterocycles. The van der Waals surface area contributed by atoms with Crippen LogP contribution in [0.1, 0.15) is 61.1 Å². The molecule has 2 N–H and O–H groups in total. The van der Waals surface area contributed by atoms with Gasteiger partial charge in [0.05, 0.1) is 36.4 Å². The number of hydrogen-bond donors (Lipinski definition) is 2. The highest BCUT2D eigenvalue weighted by atomic mass is 16.6. The summed E-state index contributed by atoms with van der Waals surface area (Å²) >= 11 is 0. The van der Waals surface area contributed by atoms with Gasteiger partial charge in [-0.2, -0.15) is 0 Å². The number of nitrogens with one attached hydrogen (secondary N) is 1. The number of methoxy groups -OCH3 is 1.